The highest BCUT2D eigenvalue weighted by atomic mass is 15.4. The van der Waals surface area contributed by atoms with Crippen molar-refractivity contribution in [2.24, 2.45) is 0 Å². The fourth-order valence-corrected chi connectivity index (χ4v) is 2.74. The van der Waals surface area contributed by atoms with Gasteiger partial charge in [-0.25, -0.2) is 4.98 Å². The fraction of sp³-hybridized carbons (Fsp3) is 0.400. The quantitative estimate of drug-likeness (QED) is 0.726. The van der Waals surface area contributed by atoms with Crippen molar-refractivity contribution in [2.75, 3.05) is 18.0 Å². The standard InChI is InChI=1S/C15H16N8/c1-10(2)13-3-14(23-15(20-13)17-9-19-23)21-7-12(8-21)22-6-11(4-16)5-18-22/h3,5-6,9-10,12H,7-8H2,1-2H3. The third-order valence-electron chi connectivity index (χ3n) is 4.14. The number of hydrogen-bond acceptors (Lipinski definition) is 6. The van der Waals surface area contributed by atoms with Gasteiger partial charge in [-0.15, -0.1) is 0 Å². The number of nitriles is 1. The van der Waals surface area contributed by atoms with E-state index in [9.17, 15) is 0 Å². The van der Waals surface area contributed by atoms with Gasteiger partial charge in [-0.3, -0.25) is 4.68 Å². The van der Waals surface area contributed by atoms with Gasteiger partial charge in [-0.05, 0) is 5.92 Å². The third kappa shape index (κ3) is 2.21. The lowest BCUT2D eigenvalue weighted by Gasteiger charge is -2.40. The molecule has 8 heteroatoms. The van der Waals surface area contributed by atoms with E-state index in [1.54, 1.807) is 16.9 Å². The van der Waals surface area contributed by atoms with Gasteiger partial charge in [-0.1, -0.05) is 13.8 Å². The van der Waals surface area contributed by atoms with Gasteiger partial charge >= 0.3 is 0 Å². The summed E-state index contributed by atoms with van der Waals surface area (Å²) >= 11 is 0. The Morgan fingerprint density at radius 1 is 1.30 bits per heavy atom. The maximum atomic E-state index is 8.89. The third-order valence-corrected chi connectivity index (χ3v) is 4.14. The highest BCUT2D eigenvalue weighted by Gasteiger charge is 2.31. The van der Waals surface area contributed by atoms with E-state index < -0.39 is 0 Å². The van der Waals surface area contributed by atoms with E-state index in [2.05, 4.69) is 51.0 Å². The van der Waals surface area contributed by atoms with Crippen molar-refractivity contribution in [1.29, 1.82) is 5.26 Å². The number of anilines is 1. The summed E-state index contributed by atoms with van der Waals surface area (Å²) in [4.78, 5) is 11.0. The maximum Gasteiger partial charge on any atom is 0.254 e. The van der Waals surface area contributed by atoms with E-state index >= 15 is 0 Å². The zero-order valence-corrected chi connectivity index (χ0v) is 13.0. The van der Waals surface area contributed by atoms with E-state index in [4.69, 9.17) is 5.26 Å². The Kier molecular flexibility index (Phi) is 3.01. The first-order valence-electron chi connectivity index (χ1n) is 7.55. The van der Waals surface area contributed by atoms with Crippen LogP contribution in [0.15, 0.2) is 24.8 Å². The molecule has 0 saturated carbocycles. The Bertz CT molecular complexity index is 894. The highest BCUT2D eigenvalue weighted by Crippen LogP contribution is 2.29. The fourth-order valence-electron chi connectivity index (χ4n) is 2.74. The molecule has 0 N–H and O–H groups in total. The van der Waals surface area contributed by atoms with Gasteiger partial charge < -0.3 is 4.90 Å². The summed E-state index contributed by atoms with van der Waals surface area (Å²) in [5, 5.41) is 17.4. The first kappa shape index (κ1) is 13.7. The molecule has 4 rings (SSSR count). The summed E-state index contributed by atoms with van der Waals surface area (Å²) in [7, 11) is 0. The van der Waals surface area contributed by atoms with Gasteiger partial charge in [0.25, 0.3) is 5.78 Å². The molecule has 0 unspecified atom stereocenters. The second-order valence-corrected chi connectivity index (χ2v) is 6.05. The molecule has 0 spiro atoms. The molecule has 3 aromatic rings. The number of rotatable bonds is 3. The molecule has 0 aromatic carbocycles. The van der Waals surface area contributed by atoms with Crippen molar-refractivity contribution >= 4 is 11.6 Å². The van der Waals surface area contributed by atoms with Crippen LogP contribution in [0.25, 0.3) is 5.78 Å². The van der Waals surface area contributed by atoms with E-state index in [0.29, 0.717) is 17.3 Å². The van der Waals surface area contributed by atoms with E-state index in [-0.39, 0.29) is 6.04 Å². The number of hydrogen-bond donors (Lipinski definition) is 0. The Balaban J connectivity index is 1.61. The molecule has 0 atom stereocenters. The monoisotopic (exact) mass is 308 g/mol. The number of nitrogens with zero attached hydrogens (tertiary/aromatic N) is 8. The average molecular weight is 308 g/mol. The minimum Gasteiger partial charge on any atom is -0.352 e. The van der Waals surface area contributed by atoms with Gasteiger partial charge in [0.2, 0.25) is 0 Å². The summed E-state index contributed by atoms with van der Waals surface area (Å²) < 4.78 is 3.63. The molecular formula is C15H16N8. The van der Waals surface area contributed by atoms with Crippen LogP contribution in [0.2, 0.25) is 0 Å². The van der Waals surface area contributed by atoms with Crippen LogP contribution in [0, 0.1) is 11.3 Å². The number of fused-ring (bicyclic) bond motifs is 1. The minimum absolute atomic E-state index is 0.270. The average Bonchev–Trinajstić information content (AvgIpc) is 3.13. The molecule has 0 radical (unpaired) electrons. The van der Waals surface area contributed by atoms with Gasteiger partial charge in [0.15, 0.2) is 0 Å². The van der Waals surface area contributed by atoms with Crippen LogP contribution in [0.3, 0.4) is 0 Å². The zero-order chi connectivity index (χ0) is 16.0. The van der Waals surface area contributed by atoms with Crippen LogP contribution in [0.5, 0.6) is 0 Å². The van der Waals surface area contributed by atoms with Crippen LogP contribution < -0.4 is 4.90 Å². The Morgan fingerprint density at radius 3 is 2.83 bits per heavy atom. The molecular weight excluding hydrogens is 292 g/mol. The summed E-state index contributed by atoms with van der Waals surface area (Å²) in [6, 6.07) is 4.45. The summed E-state index contributed by atoms with van der Waals surface area (Å²) in [6.07, 6.45) is 4.92. The van der Waals surface area contributed by atoms with Crippen molar-refractivity contribution in [3.05, 3.63) is 36.0 Å². The lowest BCUT2D eigenvalue weighted by molar-refractivity contribution is 0.364. The summed E-state index contributed by atoms with van der Waals surface area (Å²) in [6.45, 7) is 5.88. The smallest absolute Gasteiger partial charge is 0.254 e. The normalized spacial score (nSPS) is 15.1. The van der Waals surface area contributed by atoms with Crippen molar-refractivity contribution in [1.82, 2.24) is 29.4 Å². The second kappa shape index (κ2) is 5.05. The van der Waals surface area contributed by atoms with Crippen LogP contribution in [-0.2, 0) is 0 Å². The van der Waals surface area contributed by atoms with Crippen molar-refractivity contribution in [3.8, 4) is 6.07 Å². The Morgan fingerprint density at radius 2 is 2.13 bits per heavy atom. The predicted molar refractivity (Wildman–Crippen MR) is 83.1 cm³/mol. The van der Waals surface area contributed by atoms with Crippen LogP contribution in [0.1, 0.15) is 37.1 Å². The number of aromatic nitrogens is 6. The summed E-state index contributed by atoms with van der Waals surface area (Å²) in [5.41, 5.74) is 1.60. The molecule has 1 aliphatic rings. The van der Waals surface area contributed by atoms with Gasteiger partial charge in [-0.2, -0.15) is 25.0 Å². The summed E-state index contributed by atoms with van der Waals surface area (Å²) in [5.74, 6) is 1.96. The van der Waals surface area contributed by atoms with Crippen molar-refractivity contribution in [2.45, 2.75) is 25.8 Å². The van der Waals surface area contributed by atoms with Crippen LogP contribution in [0.4, 0.5) is 5.82 Å². The molecule has 4 heterocycles. The highest BCUT2D eigenvalue weighted by molar-refractivity contribution is 5.50. The molecule has 8 nitrogen and oxygen atoms in total. The first-order valence-corrected chi connectivity index (χ1v) is 7.55. The molecule has 23 heavy (non-hydrogen) atoms. The van der Waals surface area contributed by atoms with Gasteiger partial charge in [0.1, 0.15) is 18.2 Å². The molecule has 116 valence electrons. The van der Waals surface area contributed by atoms with Crippen molar-refractivity contribution < 1.29 is 0 Å². The van der Waals surface area contributed by atoms with E-state index in [1.165, 1.54) is 6.33 Å². The molecule has 1 fully saturated rings. The lowest BCUT2D eigenvalue weighted by Crippen LogP contribution is -2.48. The lowest BCUT2D eigenvalue weighted by atomic mass is 10.1. The maximum absolute atomic E-state index is 8.89. The van der Waals surface area contributed by atoms with Crippen LogP contribution in [-0.4, -0.2) is 42.5 Å². The Labute approximate surface area is 133 Å². The minimum atomic E-state index is 0.270. The van der Waals surface area contributed by atoms with Crippen molar-refractivity contribution in [3.63, 3.8) is 0 Å². The molecule has 1 aliphatic heterocycles. The van der Waals surface area contributed by atoms with Gasteiger partial charge in [0, 0.05) is 25.4 Å². The SMILES string of the molecule is CC(C)c1cc(N2CC(n3cc(C#N)cn3)C2)n2ncnc2n1. The zero-order valence-electron chi connectivity index (χ0n) is 13.0. The molecule has 1 saturated heterocycles. The predicted octanol–water partition coefficient (Wildman–Crippen LogP) is 1.38. The topological polar surface area (TPSA) is 87.9 Å². The Hall–Kier alpha value is -2.95. The molecule has 3 aromatic heterocycles. The molecule has 0 amide bonds. The second-order valence-electron chi connectivity index (χ2n) is 6.05. The molecule has 0 bridgehead atoms. The van der Waals surface area contributed by atoms with Gasteiger partial charge in [0.05, 0.1) is 23.5 Å². The first-order chi connectivity index (χ1) is 11.2. The van der Waals surface area contributed by atoms with E-state index in [1.807, 2.05) is 4.68 Å². The largest absolute Gasteiger partial charge is 0.352 e. The van der Waals surface area contributed by atoms with Crippen LogP contribution >= 0.6 is 0 Å². The molecule has 0 aliphatic carbocycles. The van der Waals surface area contributed by atoms with E-state index in [0.717, 1.165) is 24.6 Å².